The number of benzene rings is 2. The van der Waals surface area contributed by atoms with Gasteiger partial charge in [0.15, 0.2) is 5.78 Å². The summed E-state index contributed by atoms with van der Waals surface area (Å²) in [5.41, 5.74) is 1.99. The zero-order chi connectivity index (χ0) is 18.9. The molecule has 5 nitrogen and oxygen atoms in total. The van der Waals surface area contributed by atoms with Crippen molar-refractivity contribution in [2.75, 3.05) is 18.0 Å². The Bertz CT molecular complexity index is 896. The molecule has 0 aliphatic carbocycles. The van der Waals surface area contributed by atoms with Crippen molar-refractivity contribution in [3.8, 4) is 5.75 Å². The summed E-state index contributed by atoms with van der Waals surface area (Å²) < 4.78 is 6.31. The second-order valence-corrected chi connectivity index (χ2v) is 7.13. The van der Waals surface area contributed by atoms with Crippen molar-refractivity contribution < 1.29 is 19.4 Å². The molecule has 0 aromatic heterocycles. The van der Waals surface area contributed by atoms with E-state index in [0.29, 0.717) is 23.3 Å². The second kappa shape index (κ2) is 6.91. The second-order valence-electron chi connectivity index (χ2n) is 7.13. The minimum atomic E-state index is -1.01. The van der Waals surface area contributed by atoms with Crippen molar-refractivity contribution in [1.82, 2.24) is 0 Å². The molecule has 1 spiro atoms. The average Bonchev–Trinajstić information content (AvgIpc) is 2.68. The summed E-state index contributed by atoms with van der Waals surface area (Å²) >= 11 is 0. The standard InChI is InChI=1S/C22H21NO4/c24-19-15-22(10-12-23(13-11-22)17-4-2-1-3-5-17)27-20-8-6-16(14-18(19)20)7-9-21(25)26/h1-9,14H,10-13,15H2,(H,25,26). The van der Waals surface area contributed by atoms with Crippen molar-refractivity contribution in [3.63, 3.8) is 0 Å². The average molecular weight is 363 g/mol. The van der Waals surface area contributed by atoms with E-state index in [1.807, 2.05) is 18.2 Å². The number of piperidine rings is 1. The number of ketones is 1. The fourth-order valence-corrected chi connectivity index (χ4v) is 3.87. The van der Waals surface area contributed by atoms with Crippen molar-refractivity contribution in [2.24, 2.45) is 0 Å². The van der Waals surface area contributed by atoms with E-state index in [9.17, 15) is 9.59 Å². The molecule has 2 aromatic rings. The van der Waals surface area contributed by atoms with Crippen molar-refractivity contribution in [3.05, 3.63) is 65.7 Å². The van der Waals surface area contributed by atoms with Gasteiger partial charge in [-0.2, -0.15) is 0 Å². The van der Waals surface area contributed by atoms with Crippen LogP contribution in [0, 0.1) is 0 Å². The number of para-hydroxylation sites is 1. The Kier molecular flexibility index (Phi) is 4.44. The number of carbonyl (C=O) groups is 2. The third-order valence-corrected chi connectivity index (χ3v) is 5.33. The molecule has 138 valence electrons. The van der Waals surface area contributed by atoms with Crippen LogP contribution in [0.25, 0.3) is 6.08 Å². The third-order valence-electron chi connectivity index (χ3n) is 5.33. The molecule has 2 aliphatic rings. The summed E-state index contributed by atoms with van der Waals surface area (Å²) in [7, 11) is 0. The lowest BCUT2D eigenvalue weighted by Crippen LogP contribution is -2.51. The van der Waals surface area contributed by atoms with E-state index in [4.69, 9.17) is 9.84 Å². The monoisotopic (exact) mass is 363 g/mol. The van der Waals surface area contributed by atoms with Crippen LogP contribution in [0.2, 0.25) is 0 Å². The number of carboxylic acid groups (broad SMARTS) is 1. The molecule has 27 heavy (non-hydrogen) atoms. The van der Waals surface area contributed by atoms with Gasteiger partial charge in [0.25, 0.3) is 0 Å². The molecule has 0 unspecified atom stereocenters. The third kappa shape index (κ3) is 3.58. The molecule has 1 N–H and O–H groups in total. The van der Waals surface area contributed by atoms with E-state index < -0.39 is 11.6 Å². The molecule has 4 rings (SSSR count). The molecule has 1 fully saturated rings. The van der Waals surface area contributed by atoms with Crippen LogP contribution in [-0.4, -0.2) is 35.5 Å². The quantitative estimate of drug-likeness (QED) is 0.841. The number of Topliss-reactive ketones (excluding diaryl/α,β-unsaturated/α-hetero) is 1. The lowest BCUT2D eigenvalue weighted by molar-refractivity contribution is -0.131. The fourth-order valence-electron chi connectivity index (χ4n) is 3.87. The van der Waals surface area contributed by atoms with Gasteiger partial charge < -0.3 is 14.7 Å². The zero-order valence-electron chi connectivity index (χ0n) is 14.9. The normalized spacial score (nSPS) is 18.4. The van der Waals surface area contributed by atoms with Crippen molar-refractivity contribution >= 4 is 23.5 Å². The zero-order valence-corrected chi connectivity index (χ0v) is 14.9. The number of fused-ring (bicyclic) bond motifs is 1. The van der Waals surface area contributed by atoms with E-state index in [1.165, 1.54) is 11.8 Å². The Balaban J connectivity index is 1.51. The lowest BCUT2D eigenvalue weighted by atomic mass is 9.82. The summed E-state index contributed by atoms with van der Waals surface area (Å²) in [6, 6.07) is 15.6. The number of aliphatic carboxylic acids is 1. The highest BCUT2D eigenvalue weighted by molar-refractivity contribution is 6.01. The first-order valence-corrected chi connectivity index (χ1v) is 9.12. The predicted molar refractivity (Wildman–Crippen MR) is 103 cm³/mol. The molecule has 0 amide bonds. The first kappa shape index (κ1) is 17.3. The molecule has 2 aromatic carbocycles. The van der Waals surface area contributed by atoms with Gasteiger partial charge in [0, 0.05) is 37.7 Å². The van der Waals surface area contributed by atoms with Gasteiger partial charge in [-0.25, -0.2) is 4.79 Å². The van der Waals surface area contributed by atoms with E-state index in [-0.39, 0.29) is 5.78 Å². The molecule has 2 heterocycles. The van der Waals surface area contributed by atoms with Gasteiger partial charge in [0.05, 0.1) is 12.0 Å². The van der Waals surface area contributed by atoms with Crippen LogP contribution in [0.15, 0.2) is 54.6 Å². The fraction of sp³-hybridized carbons (Fsp3) is 0.273. The van der Waals surface area contributed by atoms with Crippen LogP contribution in [0.3, 0.4) is 0 Å². The minimum Gasteiger partial charge on any atom is -0.486 e. The van der Waals surface area contributed by atoms with Crippen LogP contribution in [0.1, 0.15) is 35.2 Å². The van der Waals surface area contributed by atoms with E-state index >= 15 is 0 Å². The number of anilines is 1. The topological polar surface area (TPSA) is 66.8 Å². The minimum absolute atomic E-state index is 0.0648. The van der Waals surface area contributed by atoms with Crippen LogP contribution >= 0.6 is 0 Å². The van der Waals surface area contributed by atoms with Gasteiger partial charge in [-0.05, 0) is 35.9 Å². The number of ether oxygens (including phenoxy) is 1. The maximum Gasteiger partial charge on any atom is 0.328 e. The van der Waals surface area contributed by atoms with Crippen LogP contribution in [0.4, 0.5) is 5.69 Å². The summed E-state index contributed by atoms with van der Waals surface area (Å²) in [5.74, 6) is -0.346. The molecule has 0 atom stereocenters. The number of rotatable bonds is 3. The van der Waals surface area contributed by atoms with E-state index in [2.05, 4.69) is 17.0 Å². The number of nitrogens with zero attached hydrogens (tertiary/aromatic N) is 1. The Morgan fingerprint density at radius 2 is 1.85 bits per heavy atom. The Hall–Kier alpha value is -3.08. The van der Waals surface area contributed by atoms with Crippen molar-refractivity contribution in [2.45, 2.75) is 24.9 Å². The van der Waals surface area contributed by atoms with Crippen LogP contribution < -0.4 is 9.64 Å². The first-order chi connectivity index (χ1) is 13.0. The molecule has 2 aliphatic heterocycles. The number of hydrogen-bond donors (Lipinski definition) is 1. The lowest BCUT2D eigenvalue weighted by Gasteiger charge is -2.44. The number of hydrogen-bond acceptors (Lipinski definition) is 4. The van der Waals surface area contributed by atoms with Gasteiger partial charge >= 0.3 is 5.97 Å². The Morgan fingerprint density at radius 3 is 2.56 bits per heavy atom. The molecule has 0 bridgehead atoms. The number of carbonyl (C=O) groups excluding carboxylic acids is 1. The summed E-state index contributed by atoms with van der Waals surface area (Å²) in [6.45, 7) is 1.71. The van der Waals surface area contributed by atoms with Gasteiger partial charge in [0.1, 0.15) is 11.4 Å². The maximum absolute atomic E-state index is 12.8. The van der Waals surface area contributed by atoms with Gasteiger partial charge in [-0.1, -0.05) is 24.3 Å². The summed E-state index contributed by atoms with van der Waals surface area (Å²) in [4.78, 5) is 25.8. The smallest absolute Gasteiger partial charge is 0.328 e. The molecule has 1 saturated heterocycles. The number of carboxylic acids is 1. The Morgan fingerprint density at radius 1 is 1.11 bits per heavy atom. The van der Waals surface area contributed by atoms with E-state index in [0.717, 1.165) is 32.0 Å². The largest absolute Gasteiger partial charge is 0.486 e. The highest BCUT2D eigenvalue weighted by Gasteiger charge is 2.43. The molecule has 0 radical (unpaired) electrons. The van der Waals surface area contributed by atoms with E-state index in [1.54, 1.807) is 18.2 Å². The van der Waals surface area contributed by atoms with Gasteiger partial charge in [0.2, 0.25) is 0 Å². The Labute approximate surface area is 157 Å². The predicted octanol–water partition coefficient (Wildman–Crippen LogP) is 3.79. The summed E-state index contributed by atoms with van der Waals surface area (Å²) in [6.07, 6.45) is 4.52. The maximum atomic E-state index is 12.8. The van der Waals surface area contributed by atoms with Gasteiger partial charge in [-0.15, -0.1) is 0 Å². The van der Waals surface area contributed by atoms with Gasteiger partial charge in [-0.3, -0.25) is 4.79 Å². The summed E-state index contributed by atoms with van der Waals surface area (Å²) in [5, 5.41) is 8.75. The van der Waals surface area contributed by atoms with Crippen LogP contribution in [-0.2, 0) is 4.79 Å². The first-order valence-electron chi connectivity index (χ1n) is 9.12. The SMILES string of the molecule is O=C(O)C=Cc1ccc2c(c1)C(=O)CC1(CCN(c3ccccc3)CC1)O2. The molecular weight excluding hydrogens is 342 g/mol. The van der Waals surface area contributed by atoms with Crippen molar-refractivity contribution in [1.29, 1.82) is 0 Å². The molecule has 5 heteroatoms. The van der Waals surface area contributed by atoms with Crippen LogP contribution in [0.5, 0.6) is 5.75 Å². The molecular formula is C22H21NO4. The highest BCUT2D eigenvalue weighted by Crippen LogP contribution is 2.40. The highest BCUT2D eigenvalue weighted by atomic mass is 16.5. The molecule has 0 saturated carbocycles.